The molecule has 0 bridgehead atoms. The molecule has 0 fully saturated rings. The lowest BCUT2D eigenvalue weighted by Gasteiger charge is -2.13. The van der Waals surface area contributed by atoms with Crippen LogP contribution < -0.4 is 11.0 Å². The Balaban J connectivity index is 0.000000224. The topological polar surface area (TPSA) is 55.5 Å². The van der Waals surface area contributed by atoms with Crippen LogP contribution in [0, 0.1) is 0 Å². The largest absolute Gasteiger partial charge is 0.342 e. The van der Waals surface area contributed by atoms with E-state index >= 15 is 0 Å². The van der Waals surface area contributed by atoms with E-state index in [4.69, 9.17) is 22.1 Å². The maximum atomic E-state index is 9.69. The van der Waals surface area contributed by atoms with E-state index in [0.717, 1.165) is 4.47 Å². The predicted molar refractivity (Wildman–Crippen MR) is 101 cm³/mol. The lowest BCUT2D eigenvalue weighted by Crippen LogP contribution is -2.05. The van der Waals surface area contributed by atoms with Crippen LogP contribution in [-0.4, -0.2) is 11.5 Å². The van der Waals surface area contributed by atoms with Crippen LogP contribution in [0.5, 0.6) is 0 Å². The van der Waals surface area contributed by atoms with Crippen LogP contribution in [0.1, 0.15) is 25.5 Å². The van der Waals surface area contributed by atoms with Gasteiger partial charge in [0, 0.05) is 15.8 Å². The molecule has 0 saturated carbocycles. The quantitative estimate of drug-likeness (QED) is 0.756. The van der Waals surface area contributed by atoms with Crippen LogP contribution in [0.2, 0.25) is 0 Å². The third kappa shape index (κ3) is 6.69. The lowest BCUT2D eigenvalue weighted by molar-refractivity contribution is 0.335. The number of rotatable bonds is 4. The molecule has 0 aliphatic carbocycles. The zero-order chi connectivity index (χ0) is 16.6. The highest BCUT2D eigenvalue weighted by atomic mass is 79.9. The summed E-state index contributed by atoms with van der Waals surface area (Å²) in [7, 11) is 0. The summed E-state index contributed by atoms with van der Waals surface area (Å²) in [5.41, 5.74) is 6.82. The van der Waals surface area contributed by atoms with Crippen LogP contribution in [0.3, 0.4) is 0 Å². The summed E-state index contributed by atoms with van der Waals surface area (Å²) in [6, 6.07) is 17.3. The summed E-state index contributed by atoms with van der Waals surface area (Å²) in [4.78, 5) is 9.69. The minimum Gasteiger partial charge on any atom is -0.342 e. The molecule has 2 atom stereocenters. The van der Waals surface area contributed by atoms with Crippen molar-refractivity contribution in [3.63, 3.8) is 0 Å². The first-order chi connectivity index (χ1) is 10.4. The molecular formula is C16H21BrNO2PS. The minimum absolute atomic E-state index is 0.132. The average molecular weight is 402 g/mol. The van der Waals surface area contributed by atoms with Crippen molar-refractivity contribution in [2.24, 2.45) is 5.73 Å². The molecule has 1 unspecified atom stereocenters. The van der Waals surface area contributed by atoms with Crippen LogP contribution in [0.4, 0.5) is 0 Å². The van der Waals surface area contributed by atoms with Gasteiger partial charge < -0.3 is 15.2 Å². The fraction of sp³-hybridized carbons (Fsp3) is 0.250. The molecule has 22 heavy (non-hydrogen) atoms. The summed E-state index contributed by atoms with van der Waals surface area (Å²) < 4.78 is 6.19. The van der Waals surface area contributed by atoms with E-state index in [1.54, 1.807) is 12.1 Å². The first-order valence-electron chi connectivity index (χ1n) is 6.90. The fourth-order valence-electron chi connectivity index (χ4n) is 1.63. The molecule has 0 aromatic heterocycles. The van der Waals surface area contributed by atoms with Crippen LogP contribution in [-0.2, 0) is 16.3 Å². The van der Waals surface area contributed by atoms with Crippen molar-refractivity contribution in [1.29, 1.82) is 0 Å². The van der Waals surface area contributed by atoms with Gasteiger partial charge >= 0.3 is 0 Å². The molecule has 0 saturated heterocycles. The molecule has 0 radical (unpaired) electrons. The van der Waals surface area contributed by atoms with Gasteiger partial charge in [0.05, 0.1) is 6.61 Å². The van der Waals surface area contributed by atoms with Crippen molar-refractivity contribution in [2.75, 3.05) is 6.61 Å². The molecular weight excluding hydrogens is 381 g/mol. The molecule has 3 nitrogen and oxygen atoms in total. The number of hydrogen-bond acceptors (Lipinski definition) is 3. The Hall–Kier alpha value is -0.550. The molecule has 0 aliphatic heterocycles. The van der Waals surface area contributed by atoms with Gasteiger partial charge in [0.1, 0.15) is 0 Å². The fourth-order valence-corrected chi connectivity index (χ4v) is 3.63. The Bertz CT molecular complexity index is 605. The van der Waals surface area contributed by atoms with Gasteiger partial charge in [0.2, 0.25) is 6.49 Å². The van der Waals surface area contributed by atoms with Crippen molar-refractivity contribution in [3.8, 4) is 0 Å². The predicted octanol–water partition coefficient (Wildman–Crippen LogP) is 4.12. The Morgan fingerprint density at radius 3 is 2.18 bits per heavy atom. The van der Waals surface area contributed by atoms with Crippen molar-refractivity contribution in [3.05, 3.63) is 64.6 Å². The SMILES string of the molecule is CCOP(O)(=S)c1ccccc1.C[C@@H](N)c1ccc(Br)cc1. The van der Waals surface area contributed by atoms with Crippen molar-refractivity contribution in [2.45, 2.75) is 19.9 Å². The van der Waals surface area contributed by atoms with Gasteiger partial charge in [0.25, 0.3) is 0 Å². The molecule has 3 N–H and O–H groups in total. The minimum atomic E-state index is -2.71. The summed E-state index contributed by atoms with van der Waals surface area (Å²) in [6.45, 7) is 1.53. The molecule has 0 heterocycles. The van der Waals surface area contributed by atoms with E-state index in [9.17, 15) is 4.89 Å². The third-order valence-electron chi connectivity index (χ3n) is 2.78. The molecule has 2 aromatic carbocycles. The highest BCUT2D eigenvalue weighted by Gasteiger charge is 2.14. The lowest BCUT2D eigenvalue weighted by atomic mass is 10.1. The van der Waals surface area contributed by atoms with Gasteiger partial charge in [-0.1, -0.05) is 46.3 Å². The molecule has 120 valence electrons. The highest BCUT2D eigenvalue weighted by molar-refractivity contribution is 9.10. The van der Waals surface area contributed by atoms with Crippen molar-refractivity contribution in [1.82, 2.24) is 0 Å². The van der Waals surface area contributed by atoms with E-state index in [1.165, 1.54) is 5.56 Å². The van der Waals surface area contributed by atoms with Crippen LogP contribution in [0.15, 0.2) is 59.1 Å². The van der Waals surface area contributed by atoms with Gasteiger partial charge in [-0.15, -0.1) is 0 Å². The second kappa shape index (κ2) is 9.56. The molecule has 6 heteroatoms. The summed E-state index contributed by atoms with van der Waals surface area (Å²) in [5.74, 6) is 0. The molecule has 0 amide bonds. The molecule has 0 spiro atoms. The second-order valence-electron chi connectivity index (χ2n) is 4.61. The van der Waals surface area contributed by atoms with E-state index in [0.29, 0.717) is 11.9 Å². The molecule has 0 aliphatic rings. The summed E-state index contributed by atoms with van der Waals surface area (Å²) in [6.07, 6.45) is 0. The molecule has 2 rings (SSSR count). The Labute approximate surface area is 145 Å². The van der Waals surface area contributed by atoms with Crippen molar-refractivity contribution < 1.29 is 9.42 Å². The number of nitrogens with two attached hydrogens (primary N) is 1. The summed E-state index contributed by atoms with van der Waals surface area (Å²) >= 11 is 8.31. The summed E-state index contributed by atoms with van der Waals surface area (Å²) in [5, 5.41) is 0.710. The normalized spacial score (nSPS) is 14.4. The van der Waals surface area contributed by atoms with Crippen LogP contribution >= 0.6 is 22.4 Å². The average Bonchev–Trinajstić information content (AvgIpc) is 2.49. The smallest absolute Gasteiger partial charge is 0.216 e. The first-order valence-corrected chi connectivity index (χ1v) is 10.4. The number of hydrogen-bond donors (Lipinski definition) is 2. The number of halogens is 1. The molecule has 2 aromatic rings. The maximum Gasteiger partial charge on any atom is 0.216 e. The van der Waals surface area contributed by atoms with E-state index in [1.807, 2.05) is 56.3 Å². The zero-order valence-electron chi connectivity index (χ0n) is 12.6. The van der Waals surface area contributed by atoms with Crippen LogP contribution in [0.25, 0.3) is 0 Å². The van der Waals surface area contributed by atoms with Gasteiger partial charge in [0.15, 0.2) is 0 Å². The maximum absolute atomic E-state index is 9.69. The monoisotopic (exact) mass is 401 g/mol. The standard InChI is InChI=1S/C8H10BrN.C8H11O2PS/c1-6(10)7-2-4-8(9)5-3-7;1-2-10-11(9,12)8-6-4-3-5-7-8/h2-6H,10H2,1H3;3-7H,2H2,1H3,(H,9,12)/t6-;/m1./s1. The first kappa shape index (κ1) is 19.5. The van der Waals surface area contributed by atoms with Crippen molar-refractivity contribution >= 4 is 39.5 Å². The number of benzene rings is 2. The van der Waals surface area contributed by atoms with Gasteiger partial charge in [-0.25, -0.2) is 0 Å². The van der Waals surface area contributed by atoms with Gasteiger partial charge in [-0.3, -0.25) is 0 Å². The van der Waals surface area contributed by atoms with E-state index in [-0.39, 0.29) is 6.04 Å². The Kier molecular flexibility index (Phi) is 8.47. The van der Waals surface area contributed by atoms with Gasteiger partial charge in [-0.2, -0.15) is 0 Å². The zero-order valence-corrected chi connectivity index (χ0v) is 15.9. The Morgan fingerprint density at radius 1 is 1.18 bits per heavy atom. The Morgan fingerprint density at radius 2 is 1.73 bits per heavy atom. The van der Waals surface area contributed by atoms with E-state index < -0.39 is 6.49 Å². The highest BCUT2D eigenvalue weighted by Crippen LogP contribution is 2.40. The van der Waals surface area contributed by atoms with E-state index in [2.05, 4.69) is 15.9 Å². The third-order valence-corrected chi connectivity index (χ3v) is 5.82. The van der Waals surface area contributed by atoms with Gasteiger partial charge in [-0.05, 0) is 55.5 Å². The second-order valence-corrected chi connectivity index (χ2v) is 8.83.